The zero-order valence-electron chi connectivity index (χ0n) is 17.1. The van der Waals surface area contributed by atoms with Crippen LogP contribution in [0.25, 0.3) is 0 Å². The summed E-state index contributed by atoms with van der Waals surface area (Å²) >= 11 is 0. The van der Waals surface area contributed by atoms with Crippen molar-refractivity contribution in [2.75, 3.05) is 52.9 Å². The zero-order valence-corrected chi connectivity index (χ0v) is 17.1. The molecule has 1 unspecified atom stereocenters. The van der Waals surface area contributed by atoms with E-state index in [-0.39, 0.29) is 5.91 Å². The number of benzene rings is 1. The molecular weight excluding hydrogens is 338 g/mol. The van der Waals surface area contributed by atoms with Crippen LogP contribution in [-0.2, 0) is 11.2 Å². The molecule has 1 aliphatic rings. The summed E-state index contributed by atoms with van der Waals surface area (Å²) in [5, 5.41) is 6.67. The molecule has 0 saturated carbocycles. The van der Waals surface area contributed by atoms with Crippen LogP contribution in [0, 0.1) is 5.92 Å². The fourth-order valence-corrected chi connectivity index (χ4v) is 3.19. The van der Waals surface area contributed by atoms with Crippen LogP contribution in [0.1, 0.15) is 25.8 Å². The summed E-state index contributed by atoms with van der Waals surface area (Å²) in [5.41, 5.74) is 1.28. The van der Waals surface area contributed by atoms with Gasteiger partial charge in [0, 0.05) is 51.6 Å². The maximum Gasteiger partial charge on any atom is 0.223 e. The SMILES string of the molecule is CCNC(=NCC1CC(=O)N(CCc2ccccc2)C1)NCCN(C)CC. The smallest absolute Gasteiger partial charge is 0.223 e. The first-order chi connectivity index (χ1) is 13.1. The van der Waals surface area contributed by atoms with Crippen LogP contribution >= 0.6 is 0 Å². The van der Waals surface area contributed by atoms with Gasteiger partial charge in [-0.2, -0.15) is 0 Å². The lowest BCUT2D eigenvalue weighted by Gasteiger charge is -2.17. The highest BCUT2D eigenvalue weighted by Crippen LogP contribution is 2.18. The number of nitrogens with one attached hydrogen (secondary N) is 2. The highest BCUT2D eigenvalue weighted by Gasteiger charge is 2.28. The van der Waals surface area contributed by atoms with Crippen molar-refractivity contribution >= 4 is 11.9 Å². The molecule has 1 atom stereocenters. The number of hydrogen-bond acceptors (Lipinski definition) is 3. The second-order valence-corrected chi connectivity index (χ2v) is 7.19. The highest BCUT2D eigenvalue weighted by atomic mass is 16.2. The molecule has 6 heteroatoms. The highest BCUT2D eigenvalue weighted by molar-refractivity contribution is 5.80. The summed E-state index contributed by atoms with van der Waals surface area (Å²) in [4.78, 5) is 21.2. The van der Waals surface area contributed by atoms with Gasteiger partial charge in [-0.1, -0.05) is 37.3 Å². The van der Waals surface area contributed by atoms with Crippen molar-refractivity contribution in [1.82, 2.24) is 20.4 Å². The van der Waals surface area contributed by atoms with Gasteiger partial charge in [-0.25, -0.2) is 0 Å². The van der Waals surface area contributed by atoms with Crippen LogP contribution in [-0.4, -0.2) is 74.5 Å². The van der Waals surface area contributed by atoms with Crippen molar-refractivity contribution < 1.29 is 4.79 Å². The van der Waals surface area contributed by atoms with Crippen LogP contribution in [0.5, 0.6) is 0 Å². The maximum absolute atomic E-state index is 12.3. The number of nitrogens with zero attached hydrogens (tertiary/aromatic N) is 3. The van der Waals surface area contributed by atoms with E-state index in [1.165, 1.54) is 5.56 Å². The van der Waals surface area contributed by atoms with Crippen LogP contribution in [0.4, 0.5) is 0 Å². The number of likely N-dealkylation sites (tertiary alicyclic amines) is 1. The molecule has 0 bridgehead atoms. The summed E-state index contributed by atoms with van der Waals surface area (Å²) in [5.74, 6) is 1.41. The van der Waals surface area contributed by atoms with E-state index in [1.807, 2.05) is 23.1 Å². The molecule has 2 rings (SSSR count). The Kier molecular flexibility index (Phi) is 9.11. The molecule has 0 aliphatic carbocycles. The minimum absolute atomic E-state index is 0.258. The Hall–Kier alpha value is -2.08. The van der Waals surface area contributed by atoms with Gasteiger partial charge >= 0.3 is 0 Å². The number of amides is 1. The third kappa shape index (κ3) is 7.59. The third-order valence-electron chi connectivity index (χ3n) is 4.99. The van der Waals surface area contributed by atoms with Gasteiger partial charge < -0.3 is 20.4 Å². The monoisotopic (exact) mass is 373 g/mol. The largest absolute Gasteiger partial charge is 0.357 e. The first kappa shape index (κ1) is 21.2. The van der Waals surface area contributed by atoms with E-state index in [1.54, 1.807) is 0 Å². The van der Waals surface area contributed by atoms with Gasteiger partial charge in [-0.3, -0.25) is 9.79 Å². The van der Waals surface area contributed by atoms with Gasteiger partial charge in [0.1, 0.15) is 0 Å². The molecule has 27 heavy (non-hydrogen) atoms. The molecule has 2 N–H and O–H groups in total. The summed E-state index contributed by atoms with van der Waals surface area (Å²) in [6, 6.07) is 10.4. The van der Waals surface area contributed by atoms with E-state index in [2.05, 4.69) is 48.6 Å². The first-order valence-electron chi connectivity index (χ1n) is 10.1. The second-order valence-electron chi connectivity index (χ2n) is 7.19. The fourth-order valence-electron chi connectivity index (χ4n) is 3.19. The first-order valence-corrected chi connectivity index (χ1v) is 10.1. The van der Waals surface area contributed by atoms with Crippen molar-refractivity contribution in [2.45, 2.75) is 26.7 Å². The maximum atomic E-state index is 12.3. The van der Waals surface area contributed by atoms with Crippen molar-refractivity contribution in [1.29, 1.82) is 0 Å². The normalized spacial score (nSPS) is 17.6. The molecule has 1 aromatic rings. The average Bonchev–Trinajstić information content (AvgIpc) is 3.04. The molecule has 6 nitrogen and oxygen atoms in total. The van der Waals surface area contributed by atoms with Gasteiger partial charge in [0.15, 0.2) is 5.96 Å². The summed E-state index contributed by atoms with van der Waals surface area (Å²) < 4.78 is 0. The Labute approximate surface area is 164 Å². The summed E-state index contributed by atoms with van der Waals surface area (Å²) in [7, 11) is 2.11. The minimum Gasteiger partial charge on any atom is -0.357 e. The van der Waals surface area contributed by atoms with E-state index in [0.717, 1.165) is 51.6 Å². The average molecular weight is 374 g/mol. The van der Waals surface area contributed by atoms with E-state index in [4.69, 9.17) is 4.99 Å². The van der Waals surface area contributed by atoms with Gasteiger partial charge in [-0.15, -0.1) is 0 Å². The number of rotatable bonds is 10. The lowest BCUT2D eigenvalue weighted by atomic mass is 10.1. The number of carbonyl (C=O) groups is 1. The molecular formula is C21H35N5O. The Morgan fingerprint density at radius 3 is 2.74 bits per heavy atom. The topological polar surface area (TPSA) is 60.0 Å². The molecule has 1 saturated heterocycles. The summed E-state index contributed by atoms with van der Waals surface area (Å²) in [6.45, 7) is 10.2. The minimum atomic E-state index is 0.258. The second kappa shape index (κ2) is 11.6. The Morgan fingerprint density at radius 1 is 1.26 bits per heavy atom. The molecule has 0 aromatic heterocycles. The standard InChI is InChI=1S/C21H35N5O/c1-4-22-21(23-12-14-25(3)5-2)24-16-19-15-20(27)26(17-19)13-11-18-9-7-6-8-10-18/h6-10,19H,4-5,11-17H2,1-3H3,(H2,22,23,24). The fraction of sp³-hybridized carbons (Fsp3) is 0.619. The molecule has 1 fully saturated rings. The van der Waals surface area contributed by atoms with Gasteiger partial charge in [0.25, 0.3) is 0 Å². The molecule has 0 spiro atoms. The van der Waals surface area contributed by atoms with Crippen molar-refractivity contribution in [3.63, 3.8) is 0 Å². The Bertz CT molecular complexity index is 589. The quantitative estimate of drug-likeness (QED) is 0.483. The van der Waals surface area contributed by atoms with Crippen LogP contribution in [0.2, 0.25) is 0 Å². The van der Waals surface area contributed by atoms with E-state index < -0.39 is 0 Å². The number of likely N-dealkylation sites (N-methyl/N-ethyl adjacent to an activating group) is 1. The Balaban J connectivity index is 1.77. The van der Waals surface area contributed by atoms with Crippen LogP contribution in [0.15, 0.2) is 35.3 Å². The van der Waals surface area contributed by atoms with Crippen molar-refractivity contribution in [3.8, 4) is 0 Å². The number of hydrogen-bond donors (Lipinski definition) is 2. The van der Waals surface area contributed by atoms with Gasteiger partial charge in [0.2, 0.25) is 5.91 Å². The molecule has 1 aromatic carbocycles. The van der Waals surface area contributed by atoms with Gasteiger partial charge in [-0.05, 0) is 32.5 Å². The number of aliphatic imine (C=N–C) groups is 1. The van der Waals surface area contributed by atoms with Crippen molar-refractivity contribution in [2.24, 2.45) is 10.9 Å². The third-order valence-corrected chi connectivity index (χ3v) is 4.99. The predicted molar refractivity (Wildman–Crippen MR) is 112 cm³/mol. The molecule has 1 heterocycles. The van der Waals surface area contributed by atoms with E-state index >= 15 is 0 Å². The number of guanidine groups is 1. The lowest BCUT2D eigenvalue weighted by molar-refractivity contribution is -0.127. The summed E-state index contributed by atoms with van der Waals surface area (Å²) in [6.07, 6.45) is 1.52. The van der Waals surface area contributed by atoms with Crippen LogP contribution < -0.4 is 10.6 Å². The Morgan fingerprint density at radius 2 is 2.04 bits per heavy atom. The molecule has 150 valence electrons. The number of carbonyl (C=O) groups excluding carboxylic acids is 1. The van der Waals surface area contributed by atoms with E-state index in [9.17, 15) is 4.79 Å². The predicted octanol–water partition coefficient (Wildman–Crippen LogP) is 1.58. The van der Waals surface area contributed by atoms with Crippen LogP contribution in [0.3, 0.4) is 0 Å². The van der Waals surface area contributed by atoms with E-state index in [0.29, 0.717) is 18.9 Å². The van der Waals surface area contributed by atoms with Crippen molar-refractivity contribution in [3.05, 3.63) is 35.9 Å². The molecule has 1 amide bonds. The zero-order chi connectivity index (χ0) is 19.5. The van der Waals surface area contributed by atoms with Gasteiger partial charge in [0.05, 0.1) is 0 Å². The molecule has 0 radical (unpaired) electrons. The molecule has 1 aliphatic heterocycles. The lowest BCUT2D eigenvalue weighted by Crippen LogP contribution is -2.41.